The number of ether oxygens (including phenoxy) is 3. The van der Waals surface area contributed by atoms with Crippen LogP contribution in [0.4, 0.5) is 33.4 Å². The number of carbonyl (C=O) groups is 2. The maximum Gasteiger partial charge on any atom is 0.358 e. The van der Waals surface area contributed by atoms with Crippen molar-refractivity contribution in [3.63, 3.8) is 0 Å². The minimum Gasteiger partial charge on any atom is -0.494 e. The molecule has 0 aliphatic heterocycles. The van der Waals surface area contributed by atoms with Crippen LogP contribution in [0.5, 0.6) is 23.0 Å². The van der Waals surface area contributed by atoms with Gasteiger partial charge >= 0.3 is 12.0 Å². The van der Waals surface area contributed by atoms with E-state index in [4.69, 9.17) is 14.2 Å². The molecule has 2 heterocycles. The first-order valence-corrected chi connectivity index (χ1v) is 17.0. The number of nitrogens with zero attached hydrogens (tertiary/aromatic N) is 2. The number of carbonyl (C=O) groups excluding carboxylic acids is 1. The number of pyridine rings is 2. The molecule has 2 aromatic heterocycles. The van der Waals surface area contributed by atoms with Crippen molar-refractivity contribution in [2.75, 3.05) is 41.1 Å². The highest BCUT2D eigenvalue weighted by Gasteiger charge is 2.23. The lowest BCUT2D eigenvalue weighted by Crippen LogP contribution is -2.22. The number of carboxylic acids is 1. The molecule has 0 saturated heterocycles. The normalized spacial score (nSPS) is 11.4. The second kappa shape index (κ2) is 14.2. The van der Waals surface area contributed by atoms with E-state index in [9.17, 15) is 23.1 Å². The molecule has 0 atom stereocenters. The monoisotopic (exact) mass is 700 g/mol. The lowest BCUT2D eigenvalue weighted by molar-refractivity contribution is 0.0686. The summed E-state index contributed by atoms with van der Waals surface area (Å²) < 4.78 is 43.6. The van der Waals surface area contributed by atoms with Gasteiger partial charge in [-0.1, -0.05) is 45.0 Å². The number of nitrogens with one attached hydrogen (secondary N) is 4. The number of anilines is 5. The zero-order valence-electron chi connectivity index (χ0n) is 28.1. The molecule has 3 aromatic carbocycles. The first-order chi connectivity index (χ1) is 23.6. The number of carboxylic acid groups (broad SMARTS) is 1. The quantitative estimate of drug-likeness (QED) is 0.0937. The van der Waals surface area contributed by atoms with E-state index in [0.717, 1.165) is 11.8 Å². The number of urea groups is 1. The van der Waals surface area contributed by atoms with Gasteiger partial charge < -0.3 is 35.3 Å². The molecule has 0 aliphatic carbocycles. The van der Waals surface area contributed by atoms with E-state index in [2.05, 4.69) is 30.6 Å². The molecule has 2 amide bonds. The predicted molar refractivity (Wildman–Crippen MR) is 192 cm³/mol. The Bertz CT molecular complexity index is 2200. The molecule has 260 valence electrons. The summed E-state index contributed by atoms with van der Waals surface area (Å²) in [7, 11) is -0.892. The van der Waals surface area contributed by atoms with Crippen LogP contribution in [0.2, 0.25) is 0 Å². The molecule has 14 nitrogen and oxygen atoms in total. The molecule has 0 unspecified atom stereocenters. The van der Waals surface area contributed by atoms with Gasteiger partial charge in [-0.15, -0.1) is 0 Å². The highest BCUT2D eigenvalue weighted by Crippen LogP contribution is 2.40. The molecule has 0 radical (unpaired) electrons. The van der Waals surface area contributed by atoms with E-state index in [0.29, 0.717) is 39.5 Å². The second-order valence-electron chi connectivity index (χ2n) is 12.1. The molecule has 50 heavy (non-hydrogen) atoms. The van der Waals surface area contributed by atoms with Crippen molar-refractivity contribution in [3.05, 3.63) is 90.4 Å². The number of aromatic nitrogens is 2. The molecule has 5 aromatic rings. The molecular formula is C35H36N6O8S. The summed E-state index contributed by atoms with van der Waals surface area (Å²) >= 11 is 0. The van der Waals surface area contributed by atoms with Crippen LogP contribution in [0.1, 0.15) is 36.8 Å². The van der Waals surface area contributed by atoms with Crippen molar-refractivity contribution in [2.24, 2.45) is 0 Å². The van der Waals surface area contributed by atoms with Crippen molar-refractivity contribution in [2.45, 2.75) is 26.2 Å². The van der Waals surface area contributed by atoms with Gasteiger partial charge in [0.15, 0.2) is 17.2 Å². The third-order valence-electron chi connectivity index (χ3n) is 7.34. The molecule has 0 saturated carbocycles. The molecule has 0 bridgehead atoms. The Balaban J connectivity index is 1.39. The number of benzene rings is 3. The minimum atomic E-state index is -3.64. The van der Waals surface area contributed by atoms with Crippen LogP contribution in [-0.2, 0) is 15.4 Å². The van der Waals surface area contributed by atoms with Crippen molar-refractivity contribution in [1.82, 2.24) is 9.97 Å². The third kappa shape index (κ3) is 8.30. The Morgan fingerprint density at radius 1 is 0.820 bits per heavy atom. The molecule has 5 N–H and O–H groups in total. The maximum absolute atomic E-state index is 13.4. The number of sulfonamides is 1. The van der Waals surface area contributed by atoms with Crippen LogP contribution in [0.15, 0.2) is 79.1 Å². The summed E-state index contributed by atoms with van der Waals surface area (Å²) in [6.07, 6.45) is 3.95. The number of aromatic carboxylic acids is 1. The number of amides is 2. The number of hydrogen-bond acceptors (Lipinski definition) is 10. The lowest BCUT2D eigenvalue weighted by Gasteiger charge is -2.24. The molecule has 15 heteroatoms. The first-order valence-electron chi connectivity index (χ1n) is 15.1. The van der Waals surface area contributed by atoms with E-state index >= 15 is 0 Å². The largest absolute Gasteiger partial charge is 0.494 e. The van der Waals surface area contributed by atoms with Gasteiger partial charge in [0.05, 0.1) is 49.4 Å². The van der Waals surface area contributed by atoms with Gasteiger partial charge in [-0.2, -0.15) is 0 Å². The molecule has 0 aliphatic rings. The number of fused-ring (bicyclic) bond motifs is 1. The smallest absolute Gasteiger partial charge is 0.358 e. The summed E-state index contributed by atoms with van der Waals surface area (Å²) in [5.41, 5.74) is 1.62. The van der Waals surface area contributed by atoms with Crippen molar-refractivity contribution < 1.29 is 37.3 Å². The highest BCUT2D eigenvalue weighted by molar-refractivity contribution is 7.92. The Morgan fingerprint density at radius 3 is 2.18 bits per heavy atom. The standard InChI is InChI=1S/C35H36N6O8S/c1-35(2,3)20-15-26(32(48-5)27(16-20)41-50(6,45)46)40-34(44)39-25-11-12-28(24-10-8-7-9-23(24)25)49-22-13-14-36-30(18-22)38-21-17-29(47-4)31(33(42)43)37-19-21/h7-19,41H,1-6H3,(H,36,38)(H,42,43)(H2,39,40,44). The molecule has 5 rings (SSSR count). The van der Waals surface area contributed by atoms with Crippen LogP contribution in [0, 0.1) is 0 Å². The Kier molecular flexibility index (Phi) is 9.99. The SMILES string of the molecule is COc1cc(Nc2cc(Oc3ccc(NC(=O)Nc4cc(C(C)(C)C)cc(NS(C)(=O)=O)c4OC)c4ccccc34)ccn2)cnc1C(=O)O. The van der Waals surface area contributed by atoms with Gasteiger partial charge in [0, 0.05) is 29.1 Å². The third-order valence-corrected chi connectivity index (χ3v) is 7.93. The topological polar surface area (TPSA) is 190 Å². The van der Waals surface area contributed by atoms with E-state index < -0.39 is 22.0 Å². The van der Waals surface area contributed by atoms with Crippen LogP contribution < -0.4 is 34.9 Å². The lowest BCUT2D eigenvalue weighted by atomic mass is 9.86. The van der Waals surface area contributed by atoms with Crippen LogP contribution >= 0.6 is 0 Å². The summed E-state index contributed by atoms with van der Waals surface area (Å²) in [5, 5.41) is 19.5. The maximum atomic E-state index is 13.4. The predicted octanol–water partition coefficient (Wildman–Crippen LogP) is 7.19. The fraction of sp³-hybridized carbons (Fsp3) is 0.200. The minimum absolute atomic E-state index is 0.0926. The van der Waals surface area contributed by atoms with E-state index in [1.165, 1.54) is 26.5 Å². The fourth-order valence-corrected chi connectivity index (χ4v) is 5.59. The second-order valence-corrected chi connectivity index (χ2v) is 13.9. The Hall–Kier alpha value is -6.09. The van der Waals surface area contributed by atoms with Gasteiger partial charge in [0.2, 0.25) is 10.0 Å². The van der Waals surface area contributed by atoms with Crippen LogP contribution in [0.25, 0.3) is 10.8 Å². The summed E-state index contributed by atoms with van der Waals surface area (Å²) in [6.45, 7) is 5.91. The Morgan fingerprint density at radius 2 is 1.52 bits per heavy atom. The number of methoxy groups -OCH3 is 2. The fourth-order valence-electron chi connectivity index (χ4n) is 5.04. The van der Waals surface area contributed by atoms with Gasteiger partial charge in [-0.25, -0.2) is 28.0 Å². The van der Waals surface area contributed by atoms with E-state index in [-0.39, 0.29) is 34.0 Å². The van der Waals surface area contributed by atoms with Crippen molar-refractivity contribution in [3.8, 4) is 23.0 Å². The van der Waals surface area contributed by atoms with Crippen LogP contribution in [-0.4, -0.2) is 56.0 Å². The molecule has 0 fully saturated rings. The number of hydrogen-bond donors (Lipinski definition) is 5. The number of rotatable bonds is 11. The average Bonchev–Trinajstić information content (AvgIpc) is 3.04. The van der Waals surface area contributed by atoms with Gasteiger partial charge in [-0.05, 0) is 41.3 Å². The zero-order chi connectivity index (χ0) is 36.2. The van der Waals surface area contributed by atoms with Crippen molar-refractivity contribution >= 4 is 61.4 Å². The summed E-state index contributed by atoms with van der Waals surface area (Å²) in [6, 6.07) is 18.5. The summed E-state index contributed by atoms with van der Waals surface area (Å²) in [4.78, 5) is 33.1. The Labute approximate surface area is 288 Å². The first kappa shape index (κ1) is 35.2. The average molecular weight is 701 g/mol. The van der Waals surface area contributed by atoms with E-state index in [1.54, 1.807) is 42.6 Å². The molecular weight excluding hydrogens is 664 g/mol. The van der Waals surface area contributed by atoms with Gasteiger partial charge in [-0.3, -0.25) is 4.72 Å². The van der Waals surface area contributed by atoms with Crippen LogP contribution in [0.3, 0.4) is 0 Å². The zero-order valence-corrected chi connectivity index (χ0v) is 28.9. The van der Waals surface area contributed by atoms with Gasteiger partial charge in [0.1, 0.15) is 17.3 Å². The van der Waals surface area contributed by atoms with Crippen molar-refractivity contribution in [1.29, 1.82) is 0 Å². The van der Waals surface area contributed by atoms with E-state index in [1.807, 2.05) is 45.0 Å². The van der Waals surface area contributed by atoms with Gasteiger partial charge in [0.25, 0.3) is 0 Å². The highest BCUT2D eigenvalue weighted by atomic mass is 32.2. The molecule has 0 spiro atoms. The summed E-state index contributed by atoms with van der Waals surface area (Å²) in [5.74, 6) is 0.419.